The van der Waals surface area contributed by atoms with Gasteiger partial charge in [-0.05, 0) is 25.7 Å². The van der Waals surface area contributed by atoms with Crippen LogP contribution in [0, 0.1) is 5.92 Å². The van der Waals surface area contributed by atoms with Gasteiger partial charge in [0.25, 0.3) is 0 Å². The number of hydrogen-bond acceptors (Lipinski definition) is 3. The number of urea groups is 1. The molecule has 0 bridgehead atoms. The lowest BCUT2D eigenvalue weighted by atomic mass is 9.82. The molecule has 2 amide bonds. The smallest absolute Gasteiger partial charge is 0.329 e. The maximum atomic E-state index is 12.2. The molecule has 1 saturated carbocycles. The summed E-state index contributed by atoms with van der Waals surface area (Å²) in [4.78, 5) is 23.7. The Morgan fingerprint density at radius 3 is 2.33 bits per heavy atom. The number of hydrogen-bond donors (Lipinski definition) is 3. The minimum atomic E-state index is -1.12. The highest BCUT2D eigenvalue weighted by Crippen LogP contribution is 2.28. The van der Waals surface area contributed by atoms with Gasteiger partial charge in [0.2, 0.25) is 0 Å². The lowest BCUT2D eigenvalue weighted by Crippen LogP contribution is -2.60. The van der Waals surface area contributed by atoms with E-state index in [0.29, 0.717) is 26.1 Å². The maximum Gasteiger partial charge on any atom is 0.329 e. The Hall–Kier alpha value is -1.30. The first kappa shape index (κ1) is 17.8. The number of carbonyl (C=O) groups is 2. The summed E-state index contributed by atoms with van der Waals surface area (Å²) in [6.07, 6.45) is 3.68. The summed E-state index contributed by atoms with van der Waals surface area (Å²) < 4.78 is 5.36. The lowest BCUT2D eigenvalue weighted by molar-refractivity contribution is -0.145. The molecule has 6 heteroatoms. The molecule has 1 atom stereocenters. The maximum absolute atomic E-state index is 12.2. The highest BCUT2D eigenvalue weighted by atomic mass is 16.5. The van der Waals surface area contributed by atoms with Crippen LogP contribution >= 0.6 is 0 Å². The van der Waals surface area contributed by atoms with Gasteiger partial charge in [0.15, 0.2) is 0 Å². The second-order valence-electron chi connectivity index (χ2n) is 6.06. The molecule has 122 valence electrons. The highest BCUT2D eigenvalue weighted by molar-refractivity contribution is 5.86. The standard InChI is InChI=1S/C15H28N2O4/c1-4-21-10-12(11(2)3)16-14(20)17-15(13(18)19)8-6-5-7-9-15/h11-12H,4-10H2,1-3H3,(H,18,19)(H2,16,17,20). The largest absolute Gasteiger partial charge is 0.480 e. The van der Waals surface area contributed by atoms with E-state index in [2.05, 4.69) is 10.6 Å². The fraction of sp³-hybridized carbons (Fsp3) is 0.867. The normalized spacial score (nSPS) is 19.0. The Morgan fingerprint density at radius 2 is 1.86 bits per heavy atom. The zero-order valence-corrected chi connectivity index (χ0v) is 13.3. The molecule has 0 aromatic rings. The Kier molecular flexibility index (Phi) is 6.95. The number of ether oxygens (including phenoxy) is 1. The molecule has 0 aliphatic heterocycles. The molecule has 1 aliphatic rings. The molecule has 0 radical (unpaired) electrons. The van der Waals surface area contributed by atoms with Gasteiger partial charge < -0.3 is 20.5 Å². The second-order valence-corrected chi connectivity index (χ2v) is 6.06. The van der Waals surface area contributed by atoms with Crippen molar-refractivity contribution >= 4 is 12.0 Å². The van der Waals surface area contributed by atoms with Crippen LogP contribution in [0.1, 0.15) is 52.9 Å². The van der Waals surface area contributed by atoms with Gasteiger partial charge >= 0.3 is 12.0 Å². The van der Waals surface area contributed by atoms with E-state index in [1.165, 1.54) is 0 Å². The summed E-state index contributed by atoms with van der Waals surface area (Å²) in [5.74, 6) is -0.724. The zero-order chi connectivity index (χ0) is 15.9. The molecule has 6 nitrogen and oxygen atoms in total. The first-order chi connectivity index (χ1) is 9.91. The molecule has 1 rings (SSSR count). The summed E-state index contributed by atoms with van der Waals surface area (Å²) in [7, 11) is 0. The molecule has 1 fully saturated rings. The fourth-order valence-corrected chi connectivity index (χ4v) is 2.62. The van der Waals surface area contributed by atoms with Crippen molar-refractivity contribution in [2.24, 2.45) is 5.92 Å². The predicted octanol–water partition coefficient (Wildman–Crippen LogP) is 2.13. The molecular formula is C15H28N2O4. The van der Waals surface area contributed by atoms with Crippen LogP contribution in [0.15, 0.2) is 0 Å². The summed E-state index contributed by atoms with van der Waals surface area (Å²) in [5, 5.41) is 15.0. The molecule has 0 spiro atoms. The van der Waals surface area contributed by atoms with Crippen LogP contribution in [0.2, 0.25) is 0 Å². The second kappa shape index (κ2) is 8.22. The Balaban J connectivity index is 2.62. The molecule has 0 heterocycles. The number of carbonyl (C=O) groups excluding carboxylic acids is 1. The minimum Gasteiger partial charge on any atom is -0.480 e. The van der Waals surface area contributed by atoms with E-state index in [9.17, 15) is 14.7 Å². The Bertz CT molecular complexity index is 352. The monoisotopic (exact) mass is 300 g/mol. The summed E-state index contributed by atoms with van der Waals surface area (Å²) in [6, 6.07) is -0.544. The van der Waals surface area contributed by atoms with Gasteiger partial charge in [-0.2, -0.15) is 0 Å². The van der Waals surface area contributed by atoms with Gasteiger partial charge in [0.05, 0.1) is 12.6 Å². The van der Waals surface area contributed by atoms with E-state index in [1.54, 1.807) is 0 Å². The van der Waals surface area contributed by atoms with E-state index >= 15 is 0 Å². The van der Waals surface area contributed by atoms with Crippen molar-refractivity contribution in [3.63, 3.8) is 0 Å². The number of amides is 2. The van der Waals surface area contributed by atoms with Crippen molar-refractivity contribution in [2.75, 3.05) is 13.2 Å². The van der Waals surface area contributed by atoms with Crippen LogP contribution < -0.4 is 10.6 Å². The van der Waals surface area contributed by atoms with E-state index in [4.69, 9.17) is 4.74 Å². The predicted molar refractivity (Wildman–Crippen MR) is 80.2 cm³/mol. The summed E-state index contributed by atoms with van der Waals surface area (Å²) in [5.41, 5.74) is -1.12. The lowest BCUT2D eigenvalue weighted by Gasteiger charge is -2.34. The van der Waals surface area contributed by atoms with Gasteiger partial charge in [-0.25, -0.2) is 9.59 Å². The van der Waals surface area contributed by atoms with Crippen molar-refractivity contribution < 1.29 is 19.4 Å². The average molecular weight is 300 g/mol. The van der Waals surface area contributed by atoms with Gasteiger partial charge in [0.1, 0.15) is 5.54 Å². The molecular weight excluding hydrogens is 272 g/mol. The van der Waals surface area contributed by atoms with Crippen LogP contribution in [-0.2, 0) is 9.53 Å². The number of carboxylic acids is 1. The van der Waals surface area contributed by atoms with E-state index in [1.807, 2.05) is 20.8 Å². The van der Waals surface area contributed by atoms with Crippen LogP contribution in [0.3, 0.4) is 0 Å². The van der Waals surface area contributed by atoms with E-state index in [-0.39, 0.29) is 12.0 Å². The van der Waals surface area contributed by atoms with Crippen LogP contribution in [0.4, 0.5) is 4.79 Å². The molecule has 0 aromatic heterocycles. The van der Waals surface area contributed by atoms with Crippen LogP contribution in [-0.4, -0.2) is 41.9 Å². The third kappa shape index (κ3) is 5.19. The minimum absolute atomic E-state index is 0.126. The molecule has 0 aromatic carbocycles. The third-order valence-electron chi connectivity index (χ3n) is 4.09. The van der Waals surface area contributed by atoms with E-state index < -0.39 is 17.5 Å². The van der Waals surface area contributed by atoms with Crippen LogP contribution in [0.25, 0.3) is 0 Å². The van der Waals surface area contributed by atoms with Crippen molar-refractivity contribution in [1.82, 2.24) is 10.6 Å². The topological polar surface area (TPSA) is 87.7 Å². The van der Waals surface area contributed by atoms with E-state index in [0.717, 1.165) is 19.3 Å². The van der Waals surface area contributed by atoms with Gasteiger partial charge in [-0.15, -0.1) is 0 Å². The van der Waals surface area contributed by atoms with Gasteiger partial charge in [-0.1, -0.05) is 33.1 Å². The molecule has 1 unspecified atom stereocenters. The summed E-state index contributed by atoms with van der Waals surface area (Å²) in [6.45, 7) is 6.92. The Morgan fingerprint density at radius 1 is 1.24 bits per heavy atom. The molecule has 3 N–H and O–H groups in total. The third-order valence-corrected chi connectivity index (χ3v) is 4.09. The number of aliphatic carboxylic acids is 1. The number of nitrogens with one attached hydrogen (secondary N) is 2. The average Bonchev–Trinajstić information content (AvgIpc) is 2.43. The van der Waals surface area contributed by atoms with Crippen molar-refractivity contribution in [3.05, 3.63) is 0 Å². The SMILES string of the molecule is CCOCC(NC(=O)NC1(C(=O)O)CCCCC1)C(C)C. The summed E-state index contributed by atoms with van der Waals surface area (Å²) >= 11 is 0. The van der Waals surface area contributed by atoms with Crippen molar-refractivity contribution in [1.29, 1.82) is 0 Å². The number of rotatable bonds is 7. The first-order valence-electron chi connectivity index (χ1n) is 7.81. The Labute approximate surface area is 126 Å². The molecule has 0 saturated heterocycles. The fourth-order valence-electron chi connectivity index (χ4n) is 2.62. The van der Waals surface area contributed by atoms with Crippen molar-refractivity contribution in [3.8, 4) is 0 Å². The van der Waals surface area contributed by atoms with Gasteiger partial charge in [0, 0.05) is 6.61 Å². The van der Waals surface area contributed by atoms with Gasteiger partial charge in [-0.3, -0.25) is 0 Å². The molecule has 1 aliphatic carbocycles. The van der Waals surface area contributed by atoms with Crippen LogP contribution in [0.5, 0.6) is 0 Å². The zero-order valence-electron chi connectivity index (χ0n) is 13.3. The number of carboxylic acid groups (broad SMARTS) is 1. The molecule has 21 heavy (non-hydrogen) atoms. The highest BCUT2D eigenvalue weighted by Gasteiger charge is 2.41. The quantitative estimate of drug-likeness (QED) is 0.672. The first-order valence-corrected chi connectivity index (χ1v) is 7.81. The van der Waals surface area contributed by atoms with Crippen molar-refractivity contribution in [2.45, 2.75) is 64.5 Å².